The summed E-state index contributed by atoms with van der Waals surface area (Å²) in [4.78, 5) is 0. The van der Waals surface area contributed by atoms with Gasteiger partial charge in [-0.25, -0.2) is 0 Å². The molecule has 0 saturated carbocycles. The first-order valence-corrected chi connectivity index (χ1v) is 3.61. The Morgan fingerprint density at radius 1 is 0.818 bits per heavy atom. The summed E-state index contributed by atoms with van der Waals surface area (Å²) in [6.45, 7) is 0. The molecule has 54 valence electrons. The van der Waals surface area contributed by atoms with Crippen LogP contribution in [0.4, 0.5) is 5.69 Å². The van der Waals surface area contributed by atoms with Gasteiger partial charge < -0.3 is 5.73 Å². The number of hydrogen-bond donors (Lipinski definition) is 1. The number of anilines is 1. The van der Waals surface area contributed by atoms with Crippen molar-refractivity contribution >= 4 is 16.5 Å². The molecular weight excluding hydrogens is 140 g/mol. The van der Waals surface area contributed by atoms with Crippen LogP contribution in [-0.4, -0.2) is 0 Å². The Kier molecular flexibility index (Phi) is 1.29. The summed E-state index contributed by atoms with van der Waals surface area (Å²) in [6.07, 6.45) is 0. The minimum Gasteiger partial charge on any atom is -0.398 e. The number of fused-ring (bicyclic) bond motifs is 1. The van der Waals surface area contributed by atoms with Crippen molar-refractivity contribution in [2.24, 2.45) is 0 Å². The Hall–Kier alpha value is -1.50. The Balaban J connectivity index is 2.91. The Labute approximate surface area is 65.5 Å². The number of nitrogens with two attached hydrogens (primary N) is 1. The number of nitrogen functional groups attached to an aromatic ring is 1. The Morgan fingerprint density at radius 3 is 2.36 bits per heavy atom. The maximum Gasteiger partial charge on any atom is 0.0393 e. The lowest BCUT2D eigenvalue weighted by Crippen LogP contribution is -1.84. The summed E-state index contributed by atoms with van der Waals surface area (Å²) >= 11 is 0. The fourth-order valence-corrected chi connectivity index (χ4v) is 1.25. The molecule has 2 rings (SSSR count). The van der Waals surface area contributed by atoms with Gasteiger partial charge in [0.05, 0.1) is 0 Å². The summed E-state index contributed by atoms with van der Waals surface area (Å²) < 4.78 is 0. The van der Waals surface area contributed by atoms with Gasteiger partial charge in [-0.2, -0.15) is 0 Å². The fraction of sp³-hybridized carbons (Fsp3) is 0. The molecule has 0 amide bonds. The van der Waals surface area contributed by atoms with Crippen LogP contribution in [0.1, 0.15) is 0 Å². The van der Waals surface area contributed by atoms with Gasteiger partial charge >= 0.3 is 0 Å². The van der Waals surface area contributed by atoms with Crippen molar-refractivity contribution in [3.8, 4) is 0 Å². The zero-order valence-electron chi connectivity index (χ0n) is 6.12. The monoisotopic (exact) mass is 149 g/mol. The van der Waals surface area contributed by atoms with Gasteiger partial charge in [0, 0.05) is 11.1 Å². The molecule has 0 saturated heterocycles. The highest BCUT2D eigenvalue weighted by atomic mass is 14.8. The predicted molar refractivity (Wildman–Crippen MR) is 48.4 cm³/mol. The molecule has 1 nitrogen and oxygen atoms in total. The molecule has 0 aliphatic heterocycles. The highest BCUT2D eigenvalue weighted by molar-refractivity contribution is 5.92. The van der Waals surface area contributed by atoms with E-state index in [-0.39, 0.29) is 0 Å². The molecule has 0 aliphatic carbocycles. The number of hydrogen-bond acceptors (Lipinski definition) is 1. The summed E-state index contributed by atoms with van der Waals surface area (Å²) in [5, 5.41) is 2.34. The van der Waals surface area contributed by atoms with Gasteiger partial charge in [-0.05, 0) is 11.5 Å². The fourth-order valence-electron chi connectivity index (χ4n) is 1.25. The lowest BCUT2D eigenvalue weighted by atomic mass is 10.5. The van der Waals surface area contributed by atoms with Gasteiger partial charge in [0.15, 0.2) is 0 Å². The smallest absolute Gasteiger partial charge is 0.0393 e. The van der Waals surface area contributed by atoms with E-state index in [2.05, 4.69) is 12.1 Å². The van der Waals surface area contributed by atoms with Crippen molar-refractivity contribution in [3.05, 3.63) is 42.5 Å². The Morgan fingerprint density at radius 2 is 1.55 bits per heavy atom. The van der Waals surface area contributed by atoms with E-state index < -0.39 is 0 Å². The van der Waals surface area contributed by atoms with E-state index in [4.69, 9.17) is 5.73 Å². The molecule has 0 radical (unpaired) electrons. The van der Waals surface area contributed by atoms with Crippen LogP contribution < -0.4 is 5.73 Å². The van der Waals surface area contributed by atoms with Gasteiger partial charge in [-0.1, -0.05) is 36.4 Å². The van der Waals surface area contributed by atoms with Gasteiger partial charge in [-0.3, -0.25) is 0 Å². The van der Waals surface area contributed by atoms with Crippen LogP contribution in [0.2, 0.25) is 0 Å². The van der Waals surface area contributed by atoms with Gasteiger partial charge in [0.2, 0.25) is 0 Å². The second-order valence-corrected chi connectivity index (χ2v) is 2.57. The molecule has 0 atom stereocenters. The van der Waals surface area contributed by atoms with Crippen molar-refractivity contribution < 1.29 is 0 Å². The third-order valence-corrected chi connectivity index (χ3v) is 1.82. The predicted octanol–water partition coefficient (Wildman–Crippen LogP) is 2.42. The lowest BCUT2D eigenvalue weighted by molar-refractivity contribution is 1.73. The van der Waals surface area contributed by atoms with E-state index in [1.165, 1.54) is 5.39 Å². The first kappa shape index (κ1) is 6.23. The maximum atomic E-state index is 5.76. The zero-order valence-corrected chi connectivity index (χ0v) is 6.12. The largest absolute Gasteiger partial charge is 0.398 e. The van der Waals surface area contributed by atoms with Crippen LogP contribution in [0.25, 0.3) is 10.8 Å². The molecule has 0 fully saturated rings. The number of benzene rings is 2. The minimum atomic E-state index is 0.850. The quantitative estimate of drug-likeness (QED) is 0.572. The van der Waals surface area contributed by atoms with Crippen molar-refractivity contribution in [2.75, 3.05) is 5.73 Å². The van der Waals surface area contributed by atoms with Crippen LogP contribution in [0.5, 0.6) is 0 Å². The SMILES string of the molecule is Nc1ccc[13c]2[13cH][13cH][13cH][13cH][13c]12. The summed E-state index contributed by atoms with van der Waals surface area (Å²) in [7, 11) is 0. The standard InChI is InChI=1S/C10H9N/c11-10-7-3-5-8-4-1-2-6-9(8)10/h1-7H,11H2/i1+1,2+1,4+1,6+1,8+1,9+1. The maximum absolute atomic E-state index is 5.76. The van der Waals surface area contributed by atoms with E-state index in [0.29, 0.717) is 0 Å². The molecular formula is C10H9N. The van der Waals surface area contributed by atoms with Crippen LogP contribution in [-0.2, 0) is 0 Å². The van der Waals surface area contributed by atoms with Crippen molar-refractivity contribution in [2.45, 2.75) is 0 Å². The van der Waals surface area contributed by atoms with Crippen molar-refractivity contribution in [1.29, 1.82) is 0 Å². The average molecular weight is 149 g/mol. The van der Waals surface area contributed by atoms with Crippen molar-refractivity contribution in [1.82, 2.24) is 0 Å². The molecule has 2 N–H and O–H groups in total. The molecule has 0 unspecified atom stereocenters. The molecule has 2 aromatic rings. The normalized spacial score (nSPS) is 10.2. The van der Waals surface area contributed by atoms with Crippen LogP contribution in [0, 0.1) is 0 Å². The molecule has 0 aromatic heterocycles. The summed E-state index contributed by atoms with van der Waals surface area (Å²) in [6, 6.07) is 14.1. The van der Waals surface area contributed by atoms with Gasteiger partial charge in [-0.15, -0.1) is 0 Å². The molecule has 2 aromatic carbocycles. The van der Waals surface area contributed by atoms with Crippen LogP contribution in [0.15, 0.2) is 42.5 Å². The average Bonchev–Trinajstić information content (AvgIpc) is 2.06. The van der Waals surface area contributed by atoms with E-state index in [0.717, 1.165) is 11.1 Å². The van der Waals surface area contributed by atoms with E-state index in [1.54, 1.807) is 0 Å². The topological polar surface area (TPSA) is 26.0 Å². The van der Waals surface area contributed by atoms with E-state index >= 15 is 0 Å². The second kappa shape index (κ2) is 2.27. The molecule has 0 spiro atoms. The lowest BCUT2D eigenvalue weighted by Gasteiger charge is -1.98. The highest BCUT2D eigenvalue weighted by Crippen LogP contribution is 2.19. The van der Waals surface area contributed by atoms with Crippen LogP contribution >= 0.6 is 0 Å². The minimum absolute atomic E-state index is 0.850. The third-order valence-electron chi connectivity index (χ3n) is 1.82. The molecule has 11 heavy (non-hydrogen) atoms. The molecule has 0 aliphatic rings. The van der Waals surface area contributed by atoms with E-state index in [9.17, 15) is 0 Å². The first-order chi connectivity index (χ1) is 5.38. The molecule has 0 heterocycles. The highest BCUT2D eigenvalue weighted by Gasteiger charge is 1.92. The van der Waals surface area contributed by atoms with Crippen LogP contribution in [0.3, 0.4) is 0 Å². The number of rotatable bonds is 0. The zero-order chi connectivity index (χ0) is 7.68. The van der Waals surface area contributed by atoms with Gasteiger partial charge in [0.25, 0.3) is 0 Å². The van der Waals surface area contributed by atoms with Gasteiger partial charge in [0.1, 0.15) is 0 Å². The molecule has 1 heteroatoms. The summed E-state index contributed by atoms with van der Waals surface area (Å²) in [5.74, 6) is 0. The second-order valence-electron chi connectivity index (χ2n) is 2.57. The van der Waals surface area contributed by atoms with E-state index in [1.807, 2.05) is 30.3 Å². The summed E-state index contributed by atoms with van der Waals surface area (Å²) in [5.41, 5.74) is 6.61. The molecule has 0 bridgehead atoms. The van der Waals surface area contributed by atoms with Crippen molar-refractivity contribution in [3.63, 3.8) is 0 Å². The first-order valence-electron chi connectivity index (χ1n) is 3.61. The third kappa shape index (κ3) is 0.944. The Bertz CT molecular complexity index is 374.